The van der Waals surface area contributed by atoms with E-state index in [0.29, 0.717) is 23.1 Å². The topological polar surface area (TPSA) is 95.8 Å². The molecule has 1 aliphatic heterocycles. The molecule has 4 rings (SSSR count). The van der Waals surface area contributed by atoms with Crippen molar-refractivity contribution < 1.29 is 0 Å². The van der Waals surface area contributed by atoms with Crippen LogP contribution in [-0.2, 0) is 0 Å². The Kier molecular flexibility index (Phi) is 5.23. The van der Waals surface area contributed by atoms with Gasteiger partial charge < -0.3 is 16.0 Å². The number of nitrogens with zero attached hydrogens (tertiary/aromatic N) is 4. The molecule has 0 radical (unpaired) electrons. The molecule has 0 unspecified atom stereocenters. The van der Waals surface area contributed by atoms with Gasteiger partial charge in [0.25, 0.3) is 0 Å². The second-order valence-electron chi connectivity index (χ2n) is 7.02. The average Bonchev–Trinajstić information content (AvgIpc) is 3.14. The highest BCUT2D eigenvalue weighted by Crippen LogP contribution is 2.31. The van der Waals surface area contributed by atoms with Crippen LogP contribution in [0.5, 0.6) is 0 Å². The fourth-order valence-electron chi connectivity index (χ4n) is 3.33. The Hall–Kier alpha value is -3.35. The van der Waals surface area contributed by atoms with Gasteiger partial charge in [-0.25, -0.2) is 9.97 Å². The van der Waals surface area contributed by atoms with Crippen LogP contribution < -0.4 is 16.0 Å². The smallest absolute Gasteiger partial charge is 0.161 e. The fourth-order valence-corrected chi connectivity index (χ4v) is 3.33. The van der Waals surface area contributed by atoms with Crippen molar-refractivity contribution in [2.75, 3.05) is 29.0 Å². The molecule has 28 heavy (non-hydrogen) atoms. The Morgan fingerprint density at radius 3 is 2.57 bits per heavy atom. The zero-order chi connectivity index (χ0) is 19.3. The van der Waals surface area contributed by atoms with Crippen molar-refractivity contribution in [3.05, 3.63) is 53.5 Å². The van der Waals surface area contributed by atoms with Gasteiger partial charge in [0.2, 0.25) is 0 Å². The molecule has 0 aliphatic carbocycles. The third kappa shape index (κ3) is 4.14. The van der Waals surface area contributed by atoms with Gasteiger partial charge in [0, 0.05) is 24.8 Å². The van der Waals surface area contributed by atoms with Gasteiger partial charge in [-0.05, 0) is 37.8 Å². The third-order valence-electron chi connectivity index (χ3n) is 4.78. The summed E-state index contributed by atoms with van der Waals surface area (Å²) in [6, 6.07) is 12.0. The van der Waals surface area contributed by atoms with Crippen molar-refractivity contribution in [1.82, 2.24) is 20.2 Å². The molecule has 0 spiro atoms. The number of nitrogen functional groups attached to an aromatic ring is 1. The monoisotopic (exact) mass is 375 g/mol. The number of aryl methyl sites for hydroxylation is 1. The molecule has 0 bridgehead atoms. The van der Waals surface area contributed by atoms with Gasteiger partial charge in [0.05, 0.1) is 0 Å². The molecule has 3 aromatic rings. The van der Waals surface area contributed by atoms with Crippen molar-refractivity contribution in [1.29, 1.82) is 0 Å². The number of piperidine rings is 1. The van der Waals surface area contributed by atoms with Gasteiger partial charge in [-0.2, -0.15) is 5.10 Å². The minimum absolute atomic E-state index is 0.555. The summed E-state index contributed by atoms with van der Waals surface area (Å²) in [5, 5.41) is 10.4. The average molecular weight is 375 g/mol. The molecule has 2 aromatic heterocycles. The number of aromatic amines is 1. The lowest BCUT2D eigenvalue weighted by Gasteiger charge is -2.29. The van der Waals surface area contributed by atoms with Gasteiger partial charge >= 0.3 is 0 Å². The molecule has 1 fully saturated rings. The van der Waals surface area contributed by atoms with Crippen LogP contribution in [0.1, 0.15) is 36.3 Å². The number of nitrogens with one attached hydrogen (secondary N) is 2. The summed E-state index contributed by atoms with van der Waals surface area (Å²) >= 11 is 0. The Morgan fingerprint density at radius 1 is 1.07 bits per heavy atom. The van der Waals surface area contributed by atoms with E-state index in [4.69, 9.17) is 10.7 Å². The van der Waals surface area contributed by atoms with E-state index in [1.807, 2.05) is 55.5 Å². The first-order chi connectivity index (χ1) is 13.7. The normalized spacial score (nSPS) is 14.5. The van der Waals surface area contributed by atoms with E-state index in [0.717, 1.165) is 43.0 Å². The van der Waals surface area contributed by atoms with Gasteiger partial charge in [-0.3, -0.25) is 5.10 Å². The summed E-state index contributed by atoms with van der Waals surface area (Å²) < 4.78 is 0. The molecule has 0 atom stereocenters. The number of hydrogen-bond donors (Lipinski definition) is 3. The van der Waals surface area contributed by atoms with Crippen LogP contribution in [0.3, 0.4) is 0 Å². The van der Waals surface area contributed by atoms with Gasteiger partial charge in [-0.1, -0.05) is 36.4 Å². The molecule has 1 aromatic carbocycles. The molecule has 144 valence electrons. The Morgan fingerprint density at radius 2 is 1.86 bits per heavy atom. The molecule has 7 heteroatoms. The Bertz CT molecular complexity index is 956. The second-order valence-corrected chi connectivity index (χ2v) is 7.02. The van der Waals surface area contributed by atoms with E-state index in [-0.39, 0.29) is 0 Å². The van der Waals surface area contributed by atoms with Crippen LogP contribution in [0.4, 0.5) is 23.1 Å². The highest BCUT2D eigenvalue weighted by molar-refractivity contribution is 5.80. The minimum atomic E-state index is 0.555. The summed E-state index contributed by atoms with van der Waals surface area (Å²) in [5.74, 6) is 2.67. The Labute approximate surface area is 164 Å². The van der Waals surface area contributed by atoms with Crippen LogP contribution in [0.25, 0.3) is 12.2 Å². The van der Waals surface area contributed by atoms with Crippen molar-refractivity contribution in [2.24, 2.45) is 0 Å². The van der Waals surface area contributed by atoms with E-state index >= 15 is 0 Å². The maximum atomic E-state index is 6.45. The second kappa shape index (κ2) is 8.12. The molecule has 1 saturated heterocycles. The van der Waals surface area contributed by atoms with E-state index in [9.17, 15) is 0 Å². The van der Waals surface area contributed by atoms with E-state index in [1.165, 1.54) is 6.42 Å². The molecule has 1 aliphatic rings. The van der Waals surface area contributed by atoms with Crippen LogP contribution in [-0.4, -0.2) is 33.3 Å². The first-order valence-electron chi connectivity index (χ1n) is 9.64. The van der Waals surface area contributed by atoms with Crippen molar-refractivity contribution in [2.45, 2.75) is 26.2 Å². The first kappa shape index (κ1) is 18.0. The highest BCUT2D eigenvalue weighted by atomic mass is 15.2. The summed E-state index contributed by atoms with van der Waals surface area (Å²) in [6.45, 7) is 3.88. The van der Waals surface area contributed by atoms with Crippen molar-refractivity contribution in [3.63, 3.8) is 0 Å². The molecule has 4 N–H and O–H groups in total. The largest absolute Gasteiger partial charge is 0.393 e. The standard InChI is InChI=1S/C21H25N7/c1-15-14-18(27-26-15)24-20-19(22)21(28-12-6-3-7-13-28)25-17(23-20)11-10-16-8-4-2-5-9-16/h2,4-5,8-11,14H,3,6-7,12-13,22H2,1H3,(H2,23,24,25,26,27). The zero-order valence-electron chi connectivity index (χ0n) is 16.0. The van der Waals surface area contributed by atoms with E-state index < -0.39 is 0 Å². The Balaban J connectivity index is 1.70. The molecule has 7 nitrogen and oxygen atoms in total. The first-order valence-corrected chi connectivity index (χ1v) is 9.64. The molecule has 3 heterocycles. The highest BCUT2D eigenvalue weighted by Gasteiger charge is 2.19. The quantitative estimate of drug-likeness (QED) is 0.624. The van der Waals surface area contributed by atoms with Crippen molar-refractivity contribution in [3.8, 4) is 0 Å². The van der Waals surface area contributed by atoms with Crippen LogP contribution in [0.15, 0.2) is 36.4 Å². The minimum Gasteiger partial charge on any atom is -0.393 e. The summed E-state index contributed by atoms with van der Waals surface area (Å²) in [7, 11) is 0. The lowest BCUT2D eigenvalue weighted by Crippen LogP contribution is -2.31. The molecular weight excluding hydrogens is 350 g/mol. The molecule has 0 amide bonds. The van der Waals surface area contributed by atoms with Crippen LogP contribution >= 0.6 is 0 Å². The number of aromatic nitrogens is 4. The number of rotatable bonds is 5. The summed E-state index contributed by atoms with van der Waals surface area (Å²) in [6.07, 6.45) is 7.48. The van der Waals surface area contributed by atoms with Gasteiger partial charge in [0.1, 0.15) is 5.69 Å². The number of anilines is 4. The van der Waals surface area contributed by atoms with Crippen LogP contribution in [0.2, 0.25) is 0 Å². The maximum Gasteiger partial charge on any atom is 0.161 e. The predicted octanol–water partition coefficient (Wildman–Crippen LogP) is 3.99. The third-order valence-corrected chi connectivity index (χ3v) is 4.78. The number of hydrogen-bond acceptors (Lipinski definition) is 6. The number of H-pyrrole nitrogens is 1. The van der Waals surface area contributed by atoms with Gasteiger partial charge in [-0.15, -0.1) is 0 Å². The predicted molar refractivity (Wildman–Crippen MR) is 114 cm³/mol. The zero-order valence-corrected chi connectivity index (χ0v) is 16.0. The fraction of sp³-hybridized carbons (Fsp3) is 0.286. The summed E-state index contributed by atoms with van der Waals surface area (Å²) in [5.41, 5.74) is 9.07. The number of nitrogens with two attached hydrogens (primary N) is 1. The van der Waals surface area contributed by atoms with Gasteiger partial charge in [0.15, 0.2) is 23.3 Å². The molecular formula is C21H25N7. The van der Waals surface area contributed by atoms with Crippen LogP contribution in [0, 0.1) is 6.92 Å². The SMILES string of the molecule is Cc1cc(Nc2nc(C=Cc3ccccc3)nc(N3CCCCC3)c2N)n[nH]1. The van der Waals surface area contributed by atoms with E-state index in [1.54, 1.807) is 0 Å². The molecule has 0 saturated carbocycles. The van der Waals surface area contributed by atoms with Crippen molar-refractivity contribution >= 4 is 35.3 Å². The maximum absolute atomic E-state index is 6.45. The van der Waals surface area contributed by atoms with E-state index in [2.05, 4.69) is 25.4 Å². The number of benzene rings is 1. The lowest BCUT2D eigenvalue weighted by molar-refractivity contribution is 0.573. The summed E-state index contributed by atoms with van der Waals surface area (Å²) in [4.78, 5) is 11.6. The lowest BCUT2D eigenvalue weighted by atomic mass is 10.1.